The van der Waals surface area contributed by atoms with Crippen LogP contribution in [0.4, 0.5) is 5.69 Å². The van der Waals surface area contributed by atoms with E-state index in [-0.39, 0.29) is 18.5 Å². The Labute approximate surface area is 159 Å². The summed E-state index contributed by atoms with van der Waals surface area (Å²) in [6.45, 7) is 4.40. The van der Waals surface area contributed by atoms with Crippen LogP contribution in [-0.4, -0.2) is 26.7 Å². The molecule has 0 aromatic heterocycles. The molecule has 0 aliphatic heterocycles. The molecule has 2 N–H and O–H groups in total. The minimum absolute atomic E-state index is 0.0516. The molecule has 0 spiro atoms. The Bertz CT molecular complexity index is 732. The van der Waals surface area contributed by atoms with E-state index in [1.165, 1.54) is 0 Å². The largest absolute Gasteiger partial charge is 0.497 e. The van der Waals surface area contributed by atoms with Crippen LogP contribution < -0.4 is 20.1 Å². The number of rotatable bonds is 8. The predicted octanol–water partition coefficient (Wildman–Crippen LogP) is 4.28. The number of halogens is 1. The molecule has 140 valence electrons. The summed E-state index contributed by atoms with van der Waals surface area (Å²) in [6.07, 6.45) is 0. The van der Waals surface area contributed by atoms with E-state index in [4.69, 9.17) is 21.1 Å². The van der Waals surface area contributed by atoms with E-state index >= 15 is 0 Å². The molecular formula is C20H25ClN2O3. The molecule has 26 heavy (non-hydrogen) atoms. The van der Waals surface area contributed by atoms with Crippen molar-refractivity contribution in [3.8, 4) is 11.5 Å². The lowest BCUT2D eigenvalue weighted by Gasteiger charge is -2.23. The molecule has 1 unspecified atom stereocenters. The van der Waals surface area contributed by atoms with Crippen molar-refractivity contribution in [1.29, 1.82) is 0 Å². The van der Waals surface area contributed by atoms with E-state index in [2.05, 4.69) is 24.5 Å². The second-order valence-corrected chi connectivity index (χ2v) is 6.70. The van der Waals surface area contributed by atoms with Crippen molar-refractivity contribution in [3.05, 3.63) is 53.1 Å². The van der Waals surface area contributed by atoms with Crippen LogP contribution in [-0.2, 0) is 4.79 Å². The lowest BCUT2D eigenvalue weighted by Crippen LogP contribution is -2.33. The number of methoxy groups -OCH3 is 2. The van der Waals surface area contributed by atoms with E-state index in [1.807, 2.05) is 24.3 Å². The van der Waals surface area contributed by atoms with Gasteiger partial charge in [-0.05, 0) is 35.7 Å². The van der Waals surface area contributed by atoms with Gasteiger partial charge in [-0.1, -0.05) is 37.6 Å². The van der Waals surface area contributed by atoms with Gasteiger partial charge in [-0.25, -0.2) is 0 Å². The van der Waals surface area contributed by atoms with Crippen molar-refractivity contribution in [2.45, 2.75) is 19.9 Å². The number of nitrogens with one attached hydrogen (secondary N) is 2. The van der Waals surface area contributed by atoms with Crippen molar-refractivity contribution in [2.24, 2.45) is 5.92 Å². The molecule has 0 aliphatic rings. The van der Waals surface area contributed by atoms with Crippen LogP contribution in [0.25, 0.3) is 0 Å². The van der Waals surface area contributed by atoms with Crippen LogP contribution >= 0.6 is 11.6 Å². The second kappa shape index (κ2) is 9.46. The number of hydrogen-bond acceptors (Lipinski definition) is 4. The molecule has 2 rings (SSSR count). The zero-order valence-electron chi connectivity index (χ0n) is 15.5. The Kier molecular flexibility index (Phi) is 7.30. The molecule has 0 saturated heterocycles. The zero-order valence-corrected chi connectivity index (χ0v) is 16.3. The van der Waals surface area contributed by atoms with Crippen molar-refractivity contribution < 1.29 is 14.3 Å². The lowest BCUT2D eigenvalue weighted by atomic mass is 9.96. The lowest BCUT2D eigenvalue weighted by molar-refractivity contribution is -0.115. The fourth-order valence-corrected chi connectivity index (χ4v) is 2.83. The first kappa shape index (κ1) is 20.1. The molecule has 6 heteroatoms. The molecule has 1 atom stereocenters. The molecule has 2 aromatic carbocycles. The summed E-state index contributed by atoms with van der Waals surface area (Å²) in [7, 11) is 3.14. The number of ether oxygens (including phenoxy) is 2. The first-order valence-electron chi connectivity index (χ1n) is 8.45. The highest BCUT2D eigenvalue weighted by atomic mass is 35.5. The van der Waals surface area contributed by atoms with Gasteiger partial charge in [-0.15, -0.1) is 0 Å². The summed E-state index contributed by atoms with van der Waals surface area (Å²) < 4.78 is 10.5. The van der Waals surface area contributed by atoms with E-state index in [9.17, 15) is 4.79 Å². The van der Waals surface area contributed by atoms with E-state index in [0.717, 1.165) is 5.56 Å². The van der Waals surface area contributed by atoms with Gasteiger partial charge < -0.3 is 20.1 Å². The average Bonchev–Trinajstić information content (AvgIpc) is 2.63. The molecule has 1 amide bonds. The molecule has 0 radical (unpaired) electrons. The Morgan fingerprint density at radius 1 is 1.08 bits per heavy atom. The predicted molar refractivity (Wildman–Crippen MR) is 105 cm³/mol. The smallest absolute Gasteiger partial charge is 0.238 e. The third-order valence-electron chi connectivity index (χ3n) is 4.06. The first-order valence-corrected chi connectivity index (χ1v) is 8.83. The fourth-order valence-electron chi connectivity index (χ4n) is 2.71. The van der Waals surface area contributed by atoms with Gasteiger partial charge in [0.1, 0.15) is 11.5 Å². The van der Waals surface area contributed by atoms with Gasteiger partial charge in [-0.2, -0.15) is 0 Å². The van der Waals surface area contributed by atoms with Crippen LogP contribution in [0.2, 0.25) is 5.02 Å². The highest BCUT2D eigenvalue weighted by Gasteiger charge is 2.17. The fraction of sp³-hybridized carbons (Fsp3) is 0.350. The molecule has 2 aromatic rings. The highest BCUT2D eigenvalue weighted by molar-refractivity contribution is 6.30. The van der Waals surface area contributed by atoms with Gasteiger partial charge in [0, 0.05) is 17.1 Å². The number of carbonyl (C=O) groups is 1. The highest BCUT2D eigenvalue weighted by Crippen LogP contribution is 2.29. The second-order valence-electron chi connectivity index (χ2n) is 6.27. The third-order valence-corrected chi connectivity index (χ3v) is 4.31. The number of carbonyl (C=O) groups excluding carboxylic acids is 1. The minimum Gasteiger partial charge on any atom is -0.497 e. The normalized spacial score (nSPS) is 11.9. The molecule has 5 nitrogen and oxygen atoms in total. The van der Waals surface area contributed by atoms with Crippen molar-refractivity contribution in [1.82, 2.24) is 5.32 Å². The Balaban J connectivity index is 2.01. The molecule has 0 heterocycles. The summed E-state index contributed by atoms with van der Waals surface area (Å²) in [5.74, 6) is 1.39. The number of amides is 1. The molecule has 0 fully saturated rings. The van der Waals surface area contributed by atoms with Crippen LogP contribution in [0.5, 0.6) is 11.5 Å². The van der Waals surface area contributed by atoms with Gasteiger partial charge in [0.2, 0.25) is 5.91 Å². The topological polar surface area (TPSA) is 59.6 Å². The van der Waals surface area contributed by atoms with Gasteiger partial charge in [-0.3, -0.25) is 4.79 Å². The SMILES string of the molecule is COc1ccc(NC(=O)CNC(c2ccc(Cl)cc2)C(C)C)c(OC)c1. The summed E-state index contributed by atoms with van der Waals surface area (Å²) in [4.78, 5) is 12.4. The first-order chi connectivity index (χ1) is 12.4. The Morgan fingerprint density at radius 2 is 1.77 bits per heavy atom. The standard InChI is InChI=1S/C20H25ClN2O3/c1-13(2)20(14-5-7-15(21)8-6-14)22-12-19(24)23-17-10-9-16(25-3)11-18(17)26-4/h5-11,13,20,22H,12H2,1-4H3,(H,23,24). The van der Waals surface area contributed by atoms with E-state index in [1.54, 1.807) is 32.4 Å². The average molecular weight is 377 g/mol. The van der Waals surface area contributed by atoms with Crippen molar-refractivity contribution >= 4 is 23.2 Å². The molecule has 0 aliphatic carbocycles. The van der Waals surface area contributed by atoms with Gasteiger partial charge in [0.05, 0.1) is 26.5 Å². The van der Waals surface area contributed by atoms with E-state index < -0.39 is 0 Å². The summed E-state index contributed by atoms with van der Waals surface area (Å²) in [5, 5.41) is 6.87. The van der Waals surface area contributed by atoms with Crippen LogP contribution in [0.1, 0.15) is 25.5 Å². The summed E-state index contributed by atoms with van der Waals surface area (Å²) in [6, 6.07) is 13.0. The zero-order chi connectivity index (χ0) is 19.1. The number of anilines is 1. The Morgan fingerprint density at radius 3 is 2.35 bits per heavy atom. The maximum absolute atomic E-state index is 12.4. The molecule has 0 saturated carbocycles. The van der Waals surface area contributed by atoms with Crippen molar-refractivity contribution in [2.75, 3.05) is 26.1 Å². The quantitative estimate of drug-likeness (QED) is 0.721. The van der Waals surface area contributed by atoms with Crippen molar-refractivity contribution in [3.63, 3.8) is 0 Å². The number of hydrogen-bond donors (Lipinski definition) is 2. The summed E-state index contributed by atoms with van der Waals surface area (Å²) >= 11 is 5.96. The number of benzene rings is 2. The van der Waals surface area contributed by atoms with Crippen LogP contribution in [0.3, 0.4) is 0 Å². The van der Waals surface area contributed by atoms with Gasteiger partial charge in [0.15, 0.2) is 0 Å². The minimum atomic E-state index is -0.145. The maximum atomic E-state index is 12.4. The van der Waals surface area contributed by atoms with Crippen LogP contribution in [0.15, 0.2) is 42.5 Å². The third kappa shape index (κ3) is 5.38. The van der Waals surface area contributed by atoms with Gasteiger partial charge in [0.25, 0.3) is 0 Å². The van der Waals surface area contributed by atoms with Crippen LogP contribution in [0, 0.1) is 5.92 Å². The summed E-state index contributed by atoms with van der Waals surface area (Å²) in [5.41, 5.74) is 1.70. The molecular weight excluding hydrogens is 352 g/mol. The van der Waals surface area contributed by atoms with E-state index in [0.29, 0.717) is 28.1 Å². The van der Waals surface area contributed by atoms with Gasteiger partial charge >= 0.3 is 0 Å². The maximum Gasteiger partial charge on any atom is 0.238 e. The Hall–Kier alpha value is -2.24. The monoisotopic (exact) mass is 376 g/mol. The molecule has 0 bridgehead atoms.